The van der Waals surface area contributed by atoms with E-state index in [4.69, 9.17) is 9.47 Å². The van der Waals surface area contributed by atoms with Crippen LogP contribution in [-0.2, 0) is 32.3 Å². The topological polar surface area (TPSA) is 134 Å². The van der Waals surface area contributed by atoms with Gasteiger partial charge in [0.05, 0.1) is 23.7 Å². The van der Waals surface area contributed by atoms with Crippen molar-refractivity contribution < 1.29 is 38.9 Å². The SMILES string of the molecule is CCCN(Cc1ccc(Oc2cccc3ccccc23)cc1)C(=O)[C@H]1[C@@H](C(=O)O)[C@H](C(=O)O)[C@@H]1C(=O)N(CCC)Cc1ccc(Oc2cccc3ccccc23)cc1. The second-order valence-corrected chi connectivity index (χ2v) is 14.7. The van der Waals surface area contributed by atoms with Gasteiger partial charge in [-0.3, -0.25) is 19.2 Å². The van der Waals surface area contributed by atoms with E-state index in [0.717, 1.165) is 32.7 Å². The standard InChI is InChI=1S/C48H46N2O8/c1-3-27-49(29-31-19-23-35(24-20-31)57-39-17-9-13-33-11-5-7-15-37(33)39)45(51)41-42(44(48(55)56)43(41)47(53)54)46(52)50(28-4-2)30-32-21-25-36(26-22-32)58-40-18-10-14-34-12-6-8-16-38(34)40/h5-26,41-44H,3-4,27-30H2,1-2H3,(H,53,54)(H,55,56)/t41-,42-,43-,44-/m1/s1. The van der Waals surface area contributed by atoms with Crippen LogP contribution < -0.4 is 9.47 Å². The predicted octanol–water partition coefficient (Wildman–Crippen LogP) is 9.40. The molecular weight excluding hydrogens is 733 g/mol. The maximum Gasteiger partial charge on any atom is 0.308 e. The molecule has 1 saturated carbocycles. The number of ether oxygens (including phenoxy) is 2. The molecule has 1 fully saturated rings. The van der Waals surface area contributed by atoms with Crippen molar-refractivity contribution in [2.45, 2.75) is 39.8 Å². The lowest BCUT2D eigenvalue weighted by molar-refractivity contribution is -0.187. The summed E-state index contributed by atoms with van der Waals surface area (Å²) in [5, 5.41) is 24.6. The van der Waals surface area contributed by atoms with Gasteiger partial charge in [-0.2, -0.15) is 0 Å². The van der Waals surface area contributed by atoms with Gasteiger partial charge in [0.15, 0.2) is 0 Å². The summed E-state index contributed by atoms with van der Waals surface area (Å²) in [4.78, 5) is 57.2. The maximum atomic E-state index is 14.4. The molecule has 2 N–H and O–H groups in total. The highest BCUT2D eigenvalue weighted by molar-refractivity contribution is 6.00. The number of carboxylic acid groups (broad SMARTS) is 2. The summed E-state index contributed by atoms with van der Waals surface area (Å²) in [7, 11) is 0. The zero-order chi connectivity index (χ0) is 40.8. The van der Waals surface area contributed by atoms with Crippen LogP contribution in [0.2, 0.25) is 0 Å². The minimum Gasteiger partial charge on any atom is -0.481 e. The van der Waals surface area contributed by atoms with Crippen molar-refractivity contribution in [1.82, 2.24) is 9.80 Å². The molecule has 0 spiro atoms. The highest BCUT2D eigenvalue weighted by Crippen LogP contribution is 2.49. The fourth-order valence-corrected chi connectivity index (χ4v) is 8.06. The van der Waals surface area contributed by atoms with Gasteiger partial charge in [0.1, 0.15) is 23.0 Å². The first kappa shape index (κ1) is 39.6. The molecule has 1 aliphatic carbocycles. The van der Waals surface area contributed by atoms with Crippen LogP contribution in [0.3, 0.4) is 0 Å². The Morgan fingerprint density at radius 2 is 0.845 bits per heavy atom. The zero-order valence-corrected chi connectivity index (χ0v) is 32.5. The summed E-state index contributed by atoms with van der Waals surface area (Å²) in [6.07, 6.45) is 1.14. The Morgan fingerprint density at radius 1 is 0.483 bits per heavy atom. The molecule has 58 heavy (non-hydrogen) atoms. The van der Waals surface area contributed by atoms with Crippen molar-refractivity contribution in [3.8, 4) is 23.0 Å². The zero-order valence-electron chi connectivity index (χ0n) is 32.5. The number of nitrogens with zero attached hydrogens (tertiary/aromatic N) is 2. The number of fused-ring (bicyclic) bond motifs is 2. The lowest BCUT2D eigenvalue weighted by Crippen LogP contribution is -2.64. The van der Waals surface area contributed by atoms with Gasteiger partial charge in [-0.05, 0) is 71.1 Å². The van der Waals surface area contributed by atoms with Gasteiger partial charge >= 0.3 is 11.9 Å². The predicted molar refractivity (Wildman–Crippen MR) is 222 cm³/mol. The van der Waals surface area contributed by atoms with E-state index in [1.54, 1.807) is 9.80 Å². The summed E-state index contributed by atoms with van der Waals surface area (Å²) in [5.41, 5.74) is 1.55. The summed E-state index contributed by atoms with van der Waals surface area (Å²) < 4.78 is 12.4. The Morgan fingerprint density at radius 3 is 1.21 bits per heavy atom. The first-order valence-corrected chi connectivity index (χ1v) is 19.7. The van der Waals surface area contributed by atoms with Crippen molar-refractivity contribution in [2.75, 3.05) is 13.1 Å². The molecule has 0 bridgehead atoms. The molecule has 0 aromatic heterocycles. The van der Waals surface area contributed by atoms with E-state index in [-0.39, 0.29) is 13.1 Å². The monoisotopic (exact) mass is 778 g/mol. The molecule has 4 atom stereocenters. The third-order valence-electron chi connectivity index (χ3n) is 10.8. The first-order chi connectivity index (χ1) is 28.2. The summed E-state index contributed by atoms with van der Waals surface area (Å²) in [6, 6.07) is 42.2. The van der Waals surface area contributed by atoms with Crippen LogP contribution in [0.15, 0.2) is 133 Å². The number of hydrogen-bond acceptors (Lipinski definition) is 6. The summed E-state index contributed by atoms with van der Waals surface area (Å²) >= 11 is 0. The Balaban J connectivity index is 1.08. The maximum absolute atomic E-state index is 14.4. The molecule has 0 saturated heterocycles. The van der Waals surface area contributed by atoms with Crippen molar-refractivity contribution in [2.24, 2.45) is 23.7 Å². The van der Waals surface area contributed by atoms with E-state index in [9.17, 15) is 29.4 Å². The Hall–Kier alpha value is -6.68. The quantitative estimate of drug-likeness (QED) is 0.0993. The molecule has 0 radical (unpaired) electrons. The number of benzene rings is 6. The van der Waals surface area contributed by atoms with E-state index in [1.165, 1.54) is 0 Å². The van der Waals surface area contributed by atoms with Crippen LogP contribution >= 0.6 is 0 Å². The first-order valence-electron chi connectivity index (χ1n) is 19.7. The van der Waals surface area contributed by atoms with Crippen LogP contribution in [0.5, 0.6) is 23.0 Å². The molecule has 2 amide bonds. The fraction of sp³-hybridized carbons (Fsp3) is 0.250. The van der Waals surface area contributed by atoms with Crippen molar-refractivity contribution in [3.63, 3.8) is 0 Å². The number of hydrogen-bond donors (Lipinski definition) is 2. The molecule has 6 aromatic carbocycles. The van der Waals surface area contributed by atoms with Gasteiger partial charge < -0.3 is 29.5 Å². The largest absolute Gasteiger partial charge is 0.481 e. The van der Waals surface area contributed by atoms with Gasteiger partial charge in [0, 0.05) is 37.0 Å². The molecule has 10 heteroatoms. The van der Waals surface area contributed by atoms with Crippen molar-refractivity contribution in [3.05, 3.63) is 145 Å². The molecule has 7 rings (SSSR count). The third-order valence-corrected chi connectivity index (χ3v) is 10.8. The average molecular weight is 779 g/mol. The molecular formula is C48H46N2O8. The van der Waals surface area contributed by atoms with E-state index in [2.05, 4.69) is 0 Å². The smallest absolute Gasteiger partial charge is 0.308 e. The highest BCUT2D eigenvalue weighted by Gasteiger charge is 2.64. The molecule has 10 nitrogen and oxygen atoms in total. The average Bonchev–Trinajstić information content (AvgIpc) is 3.21. The highest BCUT2D eigenvalue weighted by atomic mass is 16.5. The molecule has 0 heterocycles. The Bertz CT molecular complexity index is 2250. The molecule has 296 valence electrons. The second-order valence-electron chi connectivity index (χ2n) is 14.7. The van der Waals surface area contributed by atoms with Crippen LogP contribution in [0.1, 0.15) is 37.8 Å². The number of carboxylic acids is 2. The second kappa shape index (κ2) is 17.6. The van der Waals surface area contributed by atoms with E-state index < -0.39 is 47.4 Å². The number of rotatable bonds is 16. The summed E-state index contributed by atoms with van der Waals surface area (Å²) in [5.74, 6) is -7.08. The van der Waals surface area contributed by atoms with E-state index in [1.807, 2.05) is 147 Å². The minimum atomic E-state index is -1.55. The van der Waals surface area contributed by atoms with Crippen LogP contribution in [0.25, 0.3) is 21.5 Å². The van der Waals surface area contributed by atoms with Gasteiger partial charge in [-0.1, -0.05) is 111 Å². The van der Waals surface area contributed by atoms with Gasteiger partial charge in [-0.15, -0.1) is 0 Å². The van der Waals surface area contributed by atoms with Gasteiger partial charge in [0.2, 0.25) is 11.8 Å². The van der Waals surface area contributed by atoms with Crippen LogP contribution in [-0.4, -0.2) is 56.9 Å². The van der Waals surface area contributed by atoms with Gasteiger partial charge in [0.25, 0.3) is 0 Å². The van der Waals surface area contributed by atoms with E-state index >= 15 is 0 Å². The number of carbonyl (C=O) groups is 4. The van der Waals surface area contributed by atoms with Crippen LogP contribution in [0, 0.1) is 23.7 Å². The molecule has 1 aliphatic rings. The Kier molecular flexibility index (Phi) is 12.0. The Labute approximate surface area is 337 Å². The van der Waals surface area contributed by atoms with Crippen molar-refractivity contribution in [1.29, 1.82) is 0 Å². The normalized spacial score (nSPS) is 17.3. The number of amides is 2. The fourth-order valence-electron chi connectivity index (χ4n) is 8.06. The number of aliphatic carboxylic acids is 2. The van der Waals surface area contributed by atoms with Crippen molar-refractivity contribution >= 4 is 45.3 Å². The van der Waals surface area contributed by atoms with E-state index in [0.29, 0.717) is 48.9 Å². The lowest BCUT2D eigenvalue weighted by atomic mass is 9.55. The third kappa shape index (κ3) is 8.37. The lowest BCUT2D eigenvalue weighted by Gasteiger charge is -2.48. The minimum absolute atomic E-state index is 0.147. The number of carbonyl (C=O) groups excluding carboxylic acids is 2. The van der Waals surface area contributed by atoms with Gasteiger partial charge in [-0.25, -0.2) is 0 Å². The summed E-state index contributed by atoms with van der Waals surface area (Å²) in [6.45, 7) is 4.69. The molecule has 0 unspecified atom stereocenters. The molecule has 0 aliphatic heterocycles. The molecule has 6 aromatic rings. The van der Waals surface area contributed by atoms with Crippen LogP contribution in [0.4, 0.5) is 0 Å².